The summed E-state index contributed by atoms with van der Waals surface area (Å²) in [4.78, 5) is 24.7. The topological polar surface area (TPSA) is 73.9 Å². The number of hydrogen-bond acceptors (Lipinski definition) is 5. The Morgan fingerprint density at radius 1 is 1.24 bits per heavy atom. The molecule has 1 rings (SSSR count). The fourth-order valence-electron chi connectivity index (χ4n) is 2.04. The third kappa shape index (κ3) is 5.46. The third-order valence-electron chi connectivity index (χ3n) is 4.24. The SMILES string of the molecule is CCOC(=O)c1cc(NC(=O)C(C)(CC)OC)ccc1OC(C)CC. The molecular weight excluding hydrogens is 322 g/mol. The van der Waals surface area contributed by atoms with Gasteiger partial charge in [0.05, 0.1) is 12.7 Å². The molecule has 6 heteroatoms. The van der Waals surface area contributed by atoms with E-state index in [2.05, 4.69) is 5.32 Å². The molecule has 0 heterocycles. The lowest BCUT2D eigenvalue weighted by Crippen LogP contribution is -2.41. The summed E-state index contributed by atoms with van der Waals surface area (Å²) in [6, 6.07) is 4.94. The van der Waals surface area contributed by atoms with Crippen molar-refractivity contribution in [1.29, 1.82) is 0 Å². The van der Waals surface area contributed by atoms with E-state index in [-0.39, 0.29) is 24.2 Å². The number of esters is 1. The zero-order valence-electron chi connectivity index (χ0n) is 16.0. The smallest absolute Gasteiger partial charge is 0.341 e. The zero-order valence-corrected chi connectivity index (χ0v) is 16.0. The van der Waals surface area contributed by atoms with Crippen LogP contribution >= 0.6 is 0 Å². The first-order valence-electron chi connectivity index (χ1n) is 8.65. The van der Waals surface area contributed by atoms with Crippen LogP contribution in [0.2, 0.25) is 0 Å². The second-order valence-electron chi connectivity index (χ2n) is 6.01. The Hall–Kier alpha value is -2.08. The Labute approximate surface area is 149 Å². The summed E-state index contributed by atoms with van der Waals surface area (Å²) >= 11 is 0. The van der Waals surface area contributed by atoms with Gasteiger partial charge in [0.1, 0.15) is 16.9 Å². The Morgan fingerprint density at radius 2 is 1.92 bits per heavy atom. The van der Waals surface area contributed by atoms with Gasteiger partial charge in [0.25, 0.3) is 5.91 Å². The fraction of sp³-hybridized carbons (Fsp3) is 0.579. The van der Waals surface area contributed by atoms with Gasteiger partial charge in [0.2, 0.25) is 0 Å². The highest BCUT2D eigenvalue weighted by Gasteiger charge is 2.31. The summed E-state index contributed by atoms with van der Waals surface area (Å²) < 4.78 is 16.2. The van der Waals surface area contributed by atoms with Crippen molar-refractivity contribution in [2.24, 2.45) is 0 Å². The molecule has 0 saturated heterocycles. The predicted octanol–water partition coefficient (Wildman–Crippen LogP) is 3.79. The molecule has 1 N–H and O–H groups in total. The quantitative estimate of drug-likeness (QED) is 0.685. The molecule has 0 aliphatic rings. The van der Waals surface area contributed by atoms with Gasteiger partial charge in [-0.25, -0.2) is 4.79 Å². The van der Waals surface area contributed by atoms with Crippen molar-refractivity contribution in [3.8, 4) is 5.75 Å². The molecule has 2 atom stereocenters. The van der Waals surface area contributed by atoms with E-state index >= 15 is 0 Å². The van der Waals surface area contributed by atoms with Crippen molar-refractivity contribution < 1.29 is 23.8 Å². The molecule has 2 unspecified atom stereocenters. The van der Waals surface area contributed by atoms with Gasteiger partial charge in [0.15, 0.2) is 0 Å². The molecule has 0 aliphatic heterocycles. The number of hydrogen-bond donors (Lipinski definition) is 1. The first-order valence-corrected chi connectivity index (χ1v) is 8.65. The molecule has 1 aromatic carbocycles. The van der Waals surface area contributed by atoms with Crippen LogP contribution in [0.4, 0.5) is 5.69 Å². The molecule has 0 saturated carbocycles. The number of anilines is 1. The van der Waals surface area contributed by atoms with E-state index in [1.165, 1.54) is 7.11 Å². The minimum Gasteiger partial charge on any atom is -0.490 e. The van der Waals surface area contributed by atoms with Gasteiger partial charge in [-0.05, 0) is 51.8 Å². The molecule has 1 amide bonds. The molecule has 0 radical (unpaired) electrons. The van der Waals surface area contributed by atoms with Gasteiger partial charge < -0.3 is 19.5 Å². The molecular formula is C19H29NO5. The second kappa shape index (κ2) is 9.42. The Kier molecular flexibility index (Phi) is 7.90. The summed E-state index contributed by atoms with van der Waals surface area (Å²) in [7, 11) is 1.50. The summed E-state index contributed by atoms with van der Waals surface area (Å²) in [5.41, 5.74) is -0.160. The largest absolute Gasteiger partial charge is 0.490 e. The van der Waals surface area contributed by atoms with E-state index in [1.807, 2.05) is 20.8 Å². The number of carbonyl (C=O) groups excluding carboxylic acids is 2. The van der Waals surface area contributed by atoms with E-state index in [1.54, 1.807) is 32.0 Å². The van der Waals surface area contributed by atoms with Crippen molar-refractivity contribution in [2.75, 3.05) is 19.0 Å². The first kappa shape index (κ1) is 21.0. The maximum absolute atomic E-state index is 12.4. The number of carbonyl (C=O) groups is 2. The number of rotatable bonds is 9. The lowest BCUT2D eigenvalue weighted by molar-refractivity contribution is -0.136. The highest BCUT2D eigenvalue weighted by atomic mass is 16.5. The van der Waals surface area contributed by atoms with Crippen molar-refractivity contribution in [2.45, 2.75) is 59.2 Å². The molecule has 6 nitrogen and oxygen atoms in total. The zero-order chi connectivity index (χ0) is 19.0. The van der Waals surface area contributed by atoms with Crippen molar-refractivity contribution in [3.05, 3.63) is 23.8 Å². The van der Waals surface area contributed by atoms with Crippen LogP contribution in [-0.4, -0.2) is 37.3 Å². The second-order valence-corrected chi connectivity index (χ2v) is 6.01. The monoisotopic (exact) mass is 351 g/mol. The Bertz CT molecular complexity index is 595. The van der Waals surface area contributed by atoms with Crippen LogP contribution < -0.4 is 10.1 Å². The van der Waals surface area contributed by atoms with Gasteiger partial charge in [-0.15, -0.1) is 0 Å². The lowest BCUT2D eigenvalue weighted by Gasteiger charge is -2.25. The molecule has 0 aromatic heterocycles. The van der Waals surface area contributed by atoms with Crippen LogP contribution in [0.5, 0.6) is 5.75 Å². The van der Waals surface area contributed by atoms with Crippen LogP contribution in [0.1, 0.15) is 57.8 Å². The minimum absolute atomic E-state index is 0.0366. The van der Waals surface area contributed by atoms with E-state index < -0.39 is 11.6 Å². The van der Waals surface area contributed by atoms with Gasteiger partial charge in [-0.3, -0.25) is 4.79 Å². The molecule has 0 spiro atoms. The lowest BCUT2D eigenvalue weighted by atomic mass is 10.0. The van der Waals surface area contributed by atoms with Crippen LogP contribution in [-0.2, 0) is 14.3 Å². The molecule has 140 valence electrons. The number of benzene rings is 1. The predicted molar refractivity (Wildman–Crippen MR) is 97.1 cm³/mol. The summed E-state index contributed by atoms with van der Waals surface area (Å²) in [5, 5.41) is 2.79. The fourth-order valence-corrected chi connectivity index (χ4v) is 2.04. The Morgan fingerprint density at radius 3 is 2.44 bits per heavy atom. The number of nitrogens with one attached hydrogen (secondary N) is 1. The van der Waals surface area contributed by atoms with Crippen LogP contribution in [0.25, 0.3) is 0 Å². The van der Waals surface area contributed by atoms with Crippen LogP contribution in [0, 0.1) is 0 Å². The summed E-state index contributed by atoms with van der Waals surface area (Å²) in [6.07, 6.45) is 1.30. The van der Waals surface area contributed by atoms with Gasteiger partial charge in [-0.1, -0.05) is 13.8 Å². The average Bonchev–Trinajstić information content (AvgIpc) is 2.62. The summed E-state index contributed by atoms with van der Waals surface area (Å²) in [6.45, 7) is 9.51. The van der Waals surface area contributed by atoms with Crippen LogP contribution in [0.15, 0.2) is 18.2 Å². The average molecular weight is 351 g/mol. The van der Waals surface area contributed by atoms with Crippen molar-refractivity contribution >= 4 is 17.6 Å². The van der Waals surface area contributed by atoms with E-state index in [0.29, 0.717) is 17.9 Å². The maximum atomic E-state index is 12.4. The third-order valence-corrected chi connectivity index (χ3v) is 4.24. The number of amides is 1. The highest BCUT2D eigenvalue weighted by molar-refractivity contribution is 5.99. The molecule has 1 aromatic rings. The first-order chi connectivity index (χ1) is 11.8. The maximum Gasteiger partial charge on any atom is 0.341 e. The van der Waals surface area contributed by atoms with E-state index in [4.69, 9.17) is 14.2 Å². The number of methoxy groups -OCH3 is 1. The van der Waals surface area contributed by atoms with E-state index in [9.17, 15) is 9.59 Å². The number of ether oxygens (including phenoxy) is 3. The van der Waals surface area contributed by atoms with Gasteiger partial charge in [-0.2, -0.15) is 0 Å². The summed E-state index contributed by atoms with van der Waals surface area (Å²) in [5.74, 6) is -0.319. The van der Waals surface area contributed by atoms with Crippen LogP contribution in [0.3, 0.4) is 0 Å². The molecule has 0 aliphatic carbocycles. The van der Waals surface area contributed by atoms with Gasteiger partial charge >= 0.3 is 5.97 Å². The van der Waals surface area contributed by atoms with Crippen molar-refractivity contribution in [3.63, 3.8) is 0 Å². The van der Waals surface area contributed by atoms with Gasteiger partial charge in [0, 0.05) is 12.8 Å². The Balaban J connectivity index is 3.12. The molecule has 25 heavy (non-hydrogen) atoms. The van der Waals surface area contributed by atoms with E-state index in [0.717, 1.165) is 6.42 Å². The van der Waals surface area contributed by atoms with Crippen molar-refractivity contribution in [1.82, 2.24) is 0 Å². The molecule has 0 bridgehead atoms. The minimum atomic E-state index is -0.935. The normalized spacial score (nSPS) is 14.3. The molecule has 0 fully saturated rings. The standard InChI is InChI=1S/C19H29NO5/c1-7-13(4)25-16-11-10-14(12-15(16)17(21)24-9-3)20-18(22)19(5,8-2)23-6/h10-13H,7-9H2,1-6H3,(H,20,22). The highest BCUT2D eigenvalue weighted by Crippen LogP contribution is 2.26.